The molecular formula is C17H21N3. The minimum Gasteiger partial charge on any atom is -0.397 e. The third-order valence-corrected chi connectivity index (χ3v) is 4.08. The summed E-state index contributed by atoms with van der Waals surface area (Å²) in [6, 6.07) is 14.8. The summed E-state index contributed by atoms with van der Waals surface area (Å²) in [5.41, 5.74) is 8.99. The summed E-state index contributed by atoms with van der Waals surface area (Å²) in [5.74, 6) is 0.690. The summed E-state index contributed by atoms with van der Waals surface area (Å²) < 4.78 is 0. The van der Waals surface area contributed by atoms with E-state index in [0.717, 1.165) is 24.3 Å². The van der Waals surface area contributed by atoms with Crippen LogP contribution in [0, 0.1) is 0 Å². The lowest BCUT2D eigenvalue weighted by atomic mass is 9.99. The standard InChI is InChI=1S/C17H21N3/c18-16-6-7-17(19-12-16)9-11-20-10-8-15(13-20)14-4-2-1-3-5-14/h1-7,12,15H,8-11,13,18H2. The summed E-state index contributed by atoms with van der Waals surface area (Å²) in [7, 11) is 0. The van der Waals surface area contributed by atoms with Gasteiger partial charge in [-0.25, -0.2) is 0 Å². The average molecular weight is 267 g/mol. The molecule has 0 spiro atoms. The minimum absolute atomic E-state index is 0.690. The number of nitrogens with two attached hydrogens (primary N) is 1. The van der Waals surface area contributed by atoms with Gasteiger partial charge in [-0.1, -0.05) is 30.3 Å². The quantitative estimate of drug-likeness (QED) is 0.926. The Morgan fingerprint density at radius 3 is 2.75 bits per heavy atom. The second kappa shape index (κ2) is 6.06. The van der Waals surface area contributed by atoms with E-state index in [1.54, 1.807) is 6.20 Å². The van der Waals surface area contributed by atoms with E-state index in [9.17, 15) is 0 Å². The molecule has 3 rings (SSSR count). The van der Waals surface area contributed by atoms with E-state index in [1.165, 1.54) is 25.1 Å². The predicted molar refractivity (Wildman–Crippen MR) is 82.6 cm³/mol. The van der Waals surface area contributed by atoms with Crippen LogP contribution in [0.5, 0.6) is 0 Å². The fourth-order valence-corrected chi connectivity index (χ4v) is 2.89. The van der Waals surface area contributed by atoms with Crippen molar-refractivity contribution in [2.75, 3.05) is 25.4 Å². The van der Waals surface area contributed by atoms with E-state index < -0.39 is 0 Å². The van der Waals surface area contributed by atoms with Crippen LogP contribution >= 0.6 is 0 Å². The van der Waals surface area contributed by atoms with E-state index in [2.05, 4.69) is 40.2 Å². The van der Waals surface area contributed by atoms with Crippen molar-refractivity contribution >= 4 is 5.69 Å². The van der Waals surface area contributed by atoms with Crippen LogP contribution in [0.25, 0.3) is 0 Å². The summed E-state index contributed by atoms with van der Waals surface area (Å²) in [4.78, 5) is 6.90. The van der Waals surface area contributed by atoms with Gasteiger partial charge < -0.3 is 10.6 Å². The lowest BCUT2D eigenvalue weighted by Gasteiger charge is -2.16. The molecule has 1 aliphatic rings. The zero-order valence-corrected chi connectivity index (χ0v) is 11.7. The van der Waals surface area contributed by atoms with Gasteiger partial charge >= 0.3 is 0 Å². The van der Waals surface area contributed by atoms with Gasteiger partial charge in [-0.3, -0.25) is 4.98 Å². The molecule has 1 saturated heterocycles. The Morgan fingerprint density at radius 1 is 1.15 bits per heavy atom. The maximum Gasteiger partial charge on any atom is 0.0501 e. The Balaban J connectivity index is 1.52. The lowest BCUT2D eigenvalue weighted by molar-refractivity contribution is 0.337. The zero-order valence-electron chi connectivity index (χ0n) is 11.7. The molecule has 0 aliphatic carbocycles. The Morgan fingerprint density at radius 2 is 2.00 bits per heavy atom. The van der Waals surface area contributed by atoms with Gasteiger partial charge in [0.1, 0.15) is 0 Å². The molecule has 1 aromatic carbocycles. The highest BCUT2D eigenvalue weighted by atomic mass is 15.1. The van der Waals surface area contributed by atoms with Crippen molar-refractivity contribution in [2.24, 2.45) is 0 Å². The number of hydrogen-bond acceptors (Lipinski definition) is 3. The molecule has 3 heteroatoms. The number of nitrogens with zero attached hydrogens (tertiary/aromatic N) is 2. The first-order valence-electron chi connectivity index (χ1n) is 7.29. The Hall–Kier alpha value is -1.87. The highest BCUT2D eigenvalue weighted by Gasteiger charge is 2.23. The number of pyridine rings is 1. The second-order valence-electron chi connectivity index (χ2n) is 5.53. The van der Waals surface area contributed by atoms with Crippen LogP contribution in [0.15, 0.2) is 48.7 Å². The van der Waals surface area contributed by atoms with Gasteiger partial charge in [-0.2, -0.15) is 0 Å². The first kappa shape index (κ1) is 13.1. The highest BCUT2D eigenvalue weighted by molar-refractivity contribution is 5.34. The van der Waals surface area contributed by atoms with Crippen molar-refractivity contribution in [3.63, 3.8) is 0 Å². The molecule has 1 aliphatic heterocycles. The summed E-state index contributed by atoms with van der Waals surface area (Å²) >= 11 is 0. The van der Waals surface area contributed by atoms with Gasteiger partial charge in [-0.05, 0) is 36.6 Å². The fraction of sp³-hybridized carbons (Fsp3) is 0.353. The molecule has 2 N–H and O–H groups in total. The number of rotatable bonds is 4. The maximum absolute atomic E-state index is 5.65. The highest BCUT2D eigenvalue weighted by Crippen LogP contribution is 2.26. The Kier molecular flexibility index (Phi) is 3.97. The number of nitrogen functional groups attached to an aromatic ring is 1. The van der Waals surface area contributed by atoms with E-state index in [0.29, 0.717) is 5.92 Å². The Bertz CT molecular complexity index is 536. The molecule has 20 heavy (non-hydrogen) atoms. The molecule has 1 unspecified atom stereocenters. The van der Waals surface area contributed by atoms with Gasteiger partial charge in [0.2, 0.25) is 0 Å². The van der Waals surface area contributed by atoms with Crippen LogP contribution < -0.4 is 5.73 Å². The maximum atomic E-state index is 5.65. The van der Waals surface area contributed by atoms with E-state index in [1.807, 2.05) is 12.1 Å². The fourth-order valence-electron chi connectivity index (χ4n) is 2.89. The van der Waals surface area contributed by atoms with Crippen LogP contribution in [0.4, 0.5) is 5.69 Å². The zero-order chi connectivity index (χ0) is 13.8. The Labute approximate surface area is 120 Å². The monoisotopic (exact) mass is 267 g/mol. The normalized spacial score (nSPS) is 19.3. The van der Waals surface area contributed by atoms with E-state index in [-0.39, 0.29) is 0 Å². The number of likely N-dealkylation sites (tertiary alicyclic amines) is 1. The smallest absolute Gasteiger partial charge is 0.0501 e. The topological polar surface area (TPSA) is 42.1 Å². The molecule has 1 fully saturated rings. The predicted octanol–water partition coefficient (Wildman–Crippen LogP) is 2.70. The van der Waals surface area contributed by atoms with Gasteiger partial charge in [0, 0.05) is 25.2 Å². The van der Waals surface area contributed by atoms with E-state index in [4.69, 9.17) is 5.73 Å². The van der Waals surface area contributed by atoms with Crippen molar-refractivity contribution in [3.8, 4) is 0 Å². The largest absolute Gasteiger partial charge is 0.397 e. The molecule has 0 radical (unpaired) electrons. The molecular weight excluding hydrogens is 246 g/mol. The molecule has 1 atom stereocenters. The van der Waals surface area contributed by atoms with Crippen LogP contribution in [0.1, 0.15) is 23.6 Å². The van der Waals surface area contributed by atoms with Crippen LogP contribution in [-0.4, -0.2) is 29.5 Å². The van der Waals surface area contributed by atoms with Gasteiger partial charge in [0.25, 0.3) is 0 Å². The van der Waals surface area contributed by atoms with E-state index >= 15 is 0 Å². The lowest BCUT2D eigenvalue weighted by Crippen LogP contribution is -2.23. The summed E-state index contributed by atoms with van der Waals surface area (Å²) in [6.45, 7) is 3.44. The molecule has 0 bridgehead atoms. The first-order chi connectivity index (χ1) is 9.81. The van der Waals surface area contributed by atoms with Crippen molar-refractivity contribution in [2.45, 2.75) is 18.8 Å². The van der Waals surface area contributed by atoms with Crippen molar-refractivity contribution < 1.29 is 0 Å². The van der Waals surface area contributed by atoms with Gasteiger partial charge in [0.05, 0.1) is 11.9 Å². The third-order valence-electron chi connectivity index (χ3n) is 4.08. The van der Waals surface area contributed by atoms with Gasteiger partial charge in [-0.15, -0.1) is 0 Å². The number of benzene rings is 1. The summed E-state index contributed by atoms with van der Waals surface area (Å²) in [6.07, 6.45) is 4.01. The van der Waals surface area contributed by atoms with Gasteiger partial charge in [0.15, 0.2) is 0 Å². The first-order valence-corrected chi connectivity index (χ1v) is 7.29. The van der Waals surface area contributed by atoms with Crippen LogP contribution in [0.2, 0.25) is 0 Å². The van der Waals surface area contributed by atoms with Crippen molar-refractivity contribution in [3.05, 3.63) is 59.9 Å². The molecule has 1 aromatic heterocycles. The number of aromatic nitrogens is 1. The number of hydrogen-bond donors (Lipinski definition) is 1. The van der Waals surface area contributed by atoms with Crippen molar-refractivity contribution in [1.82, 2.24) is 9.88 Å². The molecule has 2 heterocycles. The van der Waals surface area contributed by atoms with Crippen LogP contribution in [0.3, 0.4) is 0 Å². The molecule has 0 amide bonds. The molecule has 3 nitrogen and oxygen atoms in total. The third kappa shape index (κ3) is 3.17. The minimum atomic E-state index is 0.690. The summed E-state index contributed by atoms with van der Waals surface area (Å²) in [5, 5.41) is 0. The van der Waals surface area contributed by atoms with Crippen molar-refractivity contribution in [1.29, 1.82) is 0 Å². The SMILES string of the molecule is Nc1ccc(CCN2CCC(c3ccccc3)C2)nc1. The molecule has 104 valence electrons. The number of anilines is 1. The molecule has 2 aromatic rings. The second-order valence-corrected chi connectivity index (χ2v) is 5.53. The van der Waals surface area contributed by atoms with Crippen LogP contribution in [-0.2, 0) is 6.42 Å². The average Bonchev–Trinajstić information content (AvgIpc) is 2.97. The molecule has 0 saturated carbocycles.